The van der Waals surface area contributed by atoms with Crippen molar-refractivity contribution >= 4 is 39.1 Å². The average Bonchev–Trinajstić information content (AvgIpc) is 2.59. The Labute approximate surface area is 160 Å². The second-order valence-corrected chi connectivity index (χ2v) is 6.48. The van der Waals surface area contributed by atoms with Gasteiger partial charge in [-0.05, 0) is 65.3 Å². The Morgan fingerprint density at radius 3 is 2.56 bits per heavy atom. The van der Waals surface area contributed by atoms with Gasteiger partial charge in [0.05, 0.1) is 11.1 Å². The van der Waals surface area contributed by atoms with Crippen LogP contribution in [0.4, 0.5) is 5.69 Å². The Morgan fingerprint density at radius 2 is 1.92 bits per heavy atom. The van der Waals surface area contributed by atoms with Gasteiger partial charge in [-0.1, -0.05) is 11.6 Å². The maximum absolute atomic E-state index is 12.3. The molecule has 134 valence electrons. The Morgan fingerprint density at radius 1 is 1.20 bits per heavy atom. The Bertz CT molecular complexity index is 709. The van der Waals surface area contributed by atoms with Crippen LogP contribution in [-0.2, 0) is 9.53 Å². The summed E-state index contributed by atoms with van der Waals surface area (Å²) in [6, 6.07) is 12.2. The van der Waals surface area contributed by atoms with Crippen molar-refractivity contribution in [2.24, 2.45) is 0 Å². The number of anilines is 1. The molecule has 0 saturated heterocycles. The summed E-state index contributed by atoms with van der Waals surface area (Å²) in [7, 11) is 1.62. The minimum atomic E-state index is -0.671. The number of ether oxygens (including phenoxy) is 3. The second-order valence-electron chi connectivity index (χ2n) is 5.19. The minimum Gasteiger partial charge on any atom is -0.491 e. The molecule has 1 N–H and O–H groups in total. The molecular formula is C18H19BrClNO4. The van der Waals surface area contributed by atoms with Crippen molar-refractivity contribution in [2.75, 3.05) is 25.6 Å². The third-order valence-corrected chi connectivity index (χ3v) is 4.10. The summed E-state index contributed by atoms with van der Waals surface area (Å²) in [5.74, 6) is 1.01. The molecule has 0 fully saturated rings. The summed E-state index contributed by atoms with van der Waals surface area (Å²) in [5, 5.41) is 3.39. The molecule has 5 nitrogen and oxygen atoms in total. The van der Waals surface area contributed by atoms with E-state index in [0.29, 0.717) is 39.9 Å². The van der Waals surface area contributed by atoms with E-state index in [-0.39, 0.29) is 5.91 Å². The first kappa shape index (κ1) is 19.6. The topological polar surface area (TPSA) is 56.8 Å². The summed E-state index contributed by atoms with van der Waals surface area (Å²) in [5.41, 5.74) is 0.662. The maximum atomic E-state index is 12.3. The van der Waals surface area contributed by atoms with Crippen molar-refractivity contribution in [1.29, 1.82) is 0 Å². The third kappa shape index (κ3) is 6.23. The van der Waals surface area contributed by atoms with Crippen molar-refractivity contribution in [3.05, 3.63) is 52.0 Å². The fourth-order valence-corrected chi connectivity index (χ4v) is 2.71. The van der Waals surface area contributed by atoms with Gasteiger partial charge in [-0.2, -0.15) is 0 Å². The van der Waals surface area contributed by atoms with Crippen LogP contribution in [0.15, 0.2) is 46.9 Å². The molecule has 1 atom stereocenters. The molecule has 7 heteroatoms. The highest BCUT2D eigenvalue weighted by molar-refractivity contribution is 9.10. The van der Waals surface area contributed by atoms with E-state index in [1.165, 1.54) is 0 Å². The molecule has 0 aliphatic rings. The predicted molar refractivity (Wildman–Crippen MR) is 102 cm³/mol. The zero-order valence-electron chi connectivity index (χ0n) is 13.9. The Balaban J connectivity index is 1.89. The van der Waals surface area contributed by atoms with Gasteiger partial charge >= 0.3 is 0 Å². The number of halogens is 2. The van der Waals surface area contributed by atoms with Crippen molar-refractivity contribution < 1.29 is 19.0 Å². The van der Waals surface area contributed by atoms with E-state index >= 15 is 0 Å². The fraction of sp³-hybridized carbons (Fsp3) is 0.278. The van der Waals surface area contributed by atoms with Crippen molar-refractivity contribution in [1.82, 2.24) is 0 Å². The van der Waals surface area contributed by atoms with E-state index in [4.69, 9.17) is 25.8 Å². The lowest BCUT2D eigenvalue weighted by atomic mass is 10.2. The molecular weight excluding hydrogens is 410 g/mol. The standard InChI is InChI=1S/C18H19BrClNO4/c1-12(25-17-8-3-13(20)11-16(17)19)18(22)21-14-4-6-15(7-5-14)24-10-9-23-2/h3-8,11-12H,9-10H2,1-2H3,(H,21,22). The molecule has 25 heavy (non-hydrogen) atoms. The van der Waals surface area contributed by atoms with E-state index < -0.39 is 6.10 Å². The van der Waals surface area contributed by atoms with Crippen LogP contribution in [0.5, 0.6) is 11.5 Å². The van der Waals surface area contributed by atoms with Gasteiger partial charge in [-0.3, -0.25) is 4.79 Å². The largest absolute Gasteiger partial charge is 0.491 e. The Kier molecular flexibility index (Phi) is 7.55. The van der Waals surface area contributed by atoms with Crippen LogP contribution in [0.2, 0.25) is 5.02 Å². The first-order valence-electron chi connectivity index (χ1n) is 7.64. The van der Waals surface area contributed by atoms with Crippen LogP contribution in [0.3, 0.4) is 0 Å². The van der Waals surface area contributed by atoms with Gasteiger partial charge in [0.25, 0.3) is 5.91 Å². The van der Waals surface area contributed by atoms with Crippen LogP contribution in [0, 0.1) is 0 Å². The smallest absolute Gasteiger partial charge is 0.265 e. The number of hydrogen-bond acceptors (Lipinski definition) is 4. The lowest BCUT2D eigenvalue weighted by Crippen LogP contribution is -2.30. The number of amides is 1. The van der Waals surface area contributed by atoms with Gasteiger partial charge in [-0.25, -0.2) is 0 Å². The van der Waals surface area contributed by atoms with E-state index in [1.54, 1.807) is 56.5 Å². The lowest BCUT2D eigenvalue weighted by Gasteiger charge is -2.16. The second kappa shape index (κ2) is 9.65. The third-order valence-electron chi connectivity index (χ3n) is 3.24. The quantitative estimate of drug-likeness (QED) is 0.628. The number of benzene rings is 2. The molecule has 0 aliphatic heterocycles. The van der Waals surface area contributed by atoms with E-state index in [9.17, 15) is 4.79 Å². The highest BCUT2D eigenvalue weighted by Crippen LogP contribution is 2.29. The van der Waals surface area contributed by atoms with Crippen LogP contribution >= 0.6 is 27.5 Å². The molecule has 2 rings (SSSR count). The molecule has 0 spiro atoms. The van der Waals surface area contributed by atoms with Crippen molar-refractivity contribution in [2.45, 2.75) is 13.0 Å². The van der Waals surface area contributed by atoms with Gasteiger partial charge < -0.3 is 19.5 Å². The van der Waals surface area contributed by atoms with Crippen LogP contribution in [0.1, 0.15) is 6.92 Å². The van der Waals surface area contributed by atoms with Crippen LogP contribution < -0.4 is 14.8 Å². The Hall–Kier alpha value is -1.76. The van der Waals surface area contributed by atoms with Crippen molar-refractivity contribution in [3.63, 3.8) is 0 Å². The van der Waals surface area contributed by atoms with Gasteiger partial charge in [0.1, 0.15) is 18.1 Å². The SMILES string of the molecule is COCCOc1ccc(NC(=O)C(C)Oc2ccc(Cl)cc2Br)cc1. The summed E-state index contributed by atoms with van der Waals surface area (Å²) < 4.78 is 16.8. The molecule has 1 unspecified atom stereocenters. The number of carbonyl (C=O) groups excluding carboxylic acids is 1. The van der Waals surface area contributed by atoms with E-state index in [2.05, 4.69) is 21.2 Å². The molecule has 0 radical (unpaired) electrons. The first-order valence-corrected chi connectivity index (χ1v) is 8.81. The van der Waals surface area contributed by atoms with Gasteiger partial charge in [-0.15, -0.1) is 0 Å². The molecule has 0 saturated carbocycles. The minimum absolute atomic E-state index is 0.255. The number of carbonyl (C=O) groups is 1. The molecule has 1 amide bonds. The van der Waals surface area contributed by atoms with Crippen LogP contribution in [0.25, 0.3) is 0 Å². The molecule has 0 aliphatic carbocycles. The molecule has 0 bridgehead atoms. The molecule has 0 aromatic heterocycles. The predicted octanol–water partition coefficient (Wildman–Crippen LogP) is 4.53. The summed E-state index contributed by atoms with van der Waals surface area (Å²) in [4.78, 5) is 12.3. The first-order chi connectivity index (χ1) is 12.0. The fourth-order valence-electron chi connectivity index (χ4n) is 1.94. The van der Waals surface area contributed by atoms with Gasteiger partial charge in [0.15, 0.2) is 6.10 Å². The lowest BCUT2D eigenvalue weighted by molar-refractivity contribution is -0.122. The summed E-state index contributed by atoms with van der Waals surface area (Å²) in [6.45, 7) is 2.68. The number of nitrogens with one attached hydrogen (secondary N) is 1. The summed E-state index contributed by atoms with van der Waals surface area (Å²) in [6.07, 6.45) is -0.671. The van der Waals surface area contributed by atoms with Crippen molar-refractivity contribution in [3.8, 4) is 11.5 Å². The molecule has 2 aromatic carbocycles. The number of hydrogen-bond donors (Lipinski definition) is 1. The average molecular weight is 429 g/mol. The monoisotopic (exact) mass is 427 g/mol. The highest BCUT2D eigenvalue weighted by atomic mass is 79.9. The highest BCUT2D eigenvalue weighted by Gasteiger charge is 2.16. The molecule has 2 aromatic rings. The van der Waals surface area contributed by atoms with Crippen LogP contribution in [-0.4, -0.2) is 32.3 Å². The van der Waals surface area contributed by atoms with E-state index in [1.807, 2.05) is 0 Å². The number of methoxy groups -OCH3 is 1. The zero-order chi connectivity index (χ0) is 18.2. The number of rotatable bonds is 8. The van der Waals surface area contributed by atoms with Gasteiger partial charge in [0.2, 0.25) is 0 Å². The normalized spacial score (nSPS) is 11.7. The van der Waals surface area contributed by atoms with Gasteiger partial charge in [0, 0.05) is 17.8 Å². The maximum Gasteiger partial charge on any atom is 0.265 e. The summed E-state index contributed by atoms with van der Waals surface area (Å²) >= 11 is 9.26. The zero-order valence-corrected chi connectivity index (χ0v) is 16.3. The molecule has 0 heterocycles. The van der Waals surface area contributed by atoms with E-state index in [0.717, 1.165) is 0 Å².